The van der Waals surface area contributed by atoms with Gasteiger partial charge in [-0.25, -0.2) is 4.79 Å². The van der Waals surface area contributed by atoms with E-state index in [0.717, 1.165) is 5.56 Å². The maximum absolute atomic E-state index is 12.0. The third-order valence-corrected chi connectivity index (χ3v) is 2.96. The minimum absolute atomic E-state index is 0.0501. The van der Waals surface area contributed by atoms with E-state index in [1.807, 2.05) is 0 Å². The fourth-order valence-corrected chi connectivity index (χ4v) is 1.72. The molecule has 3 N–H and O–H groups in total. The summed E-state index contributed by atoms with van der Waals surface area (Å²) in [5, 5.41) is 10.1. The Labute approximate surface area is 122 Å². The molecular weight excluding hydrogens is 268 g/mol. The summed E-state index contributed by atoms with van der Waals surface area (Å²) in [5.41, 5.74) is 6.86. The van der Waals surface area contributed by atoms with Gasteiger partial charge in [0, 0.05) is 24.5 Å². The third kappa shape index (κ3) is 3.75. The van der Waals surface area contributed by atoms with E-state index in [9.17, 15) is 9.90 Å². The number of hydrogen-bond donors (Lipinski definition) is 2. The van der Waals surface area contributed by atoms with E-state index in [4.69, 9.17) is 10.5 Å². The van der Waals surface area contributed by atoms with Crippen molar-refractivity contribution in [2.45, 2.75) is 12.6 Å². The van der Waals surface area contributed by atoms with Crippen molar-refractivity contribution in [3.05, 3.63) is 72.1 Å². The third-order valence-electron chi connectivity index (χ3n) is 2.96. The summed E-state index contributed by atoms with van der Waals surface area (Å²) in [5.74, 6) is -0.316. The van der Waals surface area contributed by atoms with E-state index < -0.39 is 12.1 Å². The number of pyridine rings is 1. The highest BCUT2D eigenvalue weighted by Crippen LogP contribution is 2.21. The van der Waals surface area contributed by atoms with Crippen LogP contribution in [0.5, 0.6) is 5.75 Å². The van der Waals surface area contributed by atoms with Crippen molar-refractivity contribution in [2.75, 3.05) is 0 Å². The predicted molar refractivity (Wildman–Crippen MR) is 78.3 cm³/mol. The van der Waals surface area contributed by atoms with Gasteiger partial charge in [-0.2, -0.15) is 0 Å². The van der Waals surface area contributed by atoms with Gasteiger partial charge in [0.05, 0.1) is 5.57 Å². The van der Waals surface area contributed by atoms with Crippen LogP contribution in [0.3, 0.4) is 0 Å². The second-order valence-corrected chi connectivity index (χ2v) is 4.45. The van der Waals surface area contributed by atoms with Gasteiger partial charge in [0.2, 0.25) is 0 Å². The number of ether oxygens (including phenoxy) is 1. The predicted octanol–water partition coefficient (Wildman–Crippen LogP) is 1.74. The van der Waals surface area contributed by atoms with Gasteiger partial charge in [-0.05, 0) is 23.8 Å². The van der Waals surface area contributed by atoms with E-state index in [1.165, 1.54) is 6.20 Å². The number of nitrogens with zero attached hydrogens (tertiary/aromatic N) is 1. The van der Waals surface area contributed by atoms with Gasteiger partial charge in [0.15, 0.2) is 0 Å². The Morgan fingerprint density at radius 1 is 1.33 bits per heavy atom. The standard InChI is InChI=1S/C16H16N2O3/c1-11(15(19)13-3-2-8-18-10-13)16(20)21-14-6-4-12(9-17)5-7-14/h2-8,10,15,19H,1,9,17H2. The highest BCUT2D eigenvalue weighted by Gasteiger charge is 2.20. The number of benzene rings is 1. The van der Waals surface area contributed by atoms with Crippen LogP contribution in [0, 0.1) is 0 Å². The Morgan fingerprint density at radius 2 is 2.05 bits per heavy atom. The van der Waals surface area contributed by atoms with Crippen LogP contribution in [0.1, 0.15) is 17.2 Å². The molecule has 1 unspecified atom stereocenters. The number of carbonyl (C=O) groups is 1. The molecule has 0 aliphatic heterocycles. The first-order valence-corrected chi connectivity index (χ1v) is 6.40. The molecule has 5 heteroatoms. The molecule has 0 saturated heterocycles. The van der Waals surface area contributed by atoms with Crippen LogP contribution < -0.4 is 10.5 Å². The maximum Gasteiger partial charge on any atom is 0.341 e. The first-order chi connectivity index (χ1) is 10.1. The summed E-state index contributed by atoms with van der Waals surface area (Å²) in [6.45, 7) is 4.01. The molecule has 0 radical (unpaired) electrons. The van der Waals surface area contributed by atoms with Crippen molar-refractivity contribution in [3.8, 4) is 5.75 Å². The summed E-state index contributed by atoms with van der Waals surface area (Å²) < 4.78 is 5.16. The van der Waals surface area contributed by atoms with Crippen LogP contribution in [0.15, 0.2) is 60.9 Å². The normalized spacial score (nSPS) is 11.7. The molecule has 108 valence electrons. The lowest BCUT2D eigenvalue weighted by Gasteiger charge is -2.13. The zero-order valence-electron chi connectivity index (χ0n) is 11.4. The molecule has 1 heterocycles. The highest BCUT2D eigenvalue weighted by molar-refractivity contribution is 5.90. The first-order valence-electron chi connectivity index (χ1n) is 6.40. The van der Waals surface area contributed by atoms with Gasteiger partial charge in [-0.3, -0.25) is 4.98 Å². The van der Waals surface area contributed by atoms with Crippen molar-refractivity contribution in [3.63, 3.8) is 0 Å². The van der Waals surface area contributed by atoms with Gasteiger partial charge in [-0.15, -0.1) is 0 Å². The van der Waals surface area contributed by atoms with Crippen LogP contribution in [0.25, 0.3) is 0 Å². The van der Waals surface area contributed by atoms with E-state index in [1.54, 1.807) is 42.6 Å². The van der Waals surface area contributed by atoms with Gasteiger partial charge >= 0.3 is 5.97 Å². The number of rotatable bonds is 5. The molecule has 0 bridgehead atoms. The molecule has 5 nitrogen and oxygen atoms in total. The Bertz CT molecular complexity index is 624. The Morgan fingerprint density at radius 3 is 2.62 bits per heavy atom. The summed E-state index contributed by atoms with van der Waals surface area (Å²) in [7, 11) is 0. The lowest BCUT2D eigenvalue weighted by atomic mass is 10.1. The summed E-state index contributed by atoms with van der Waals surface area (Å²) in [4.78, 5) is 15.8. The van der Waals surface area contributed by atoms with Crippen LogP contribution in [-0.2, 0) is 11.3 Å². The SMILES string of the molecule is C=C(C(=O)Oc1ccc(CN)cc1)C(O)c1cccnc1. The molecule has 0 fully saturated rings. The molecule has 1 atom stereocenters. The number of aliphatic hydroxyl groups excluding tert-OH is 1. The number of aromatic nitrogens is 1. The van der Waals surface area contributed by atoms with Crippen molar-refractivity contribution in [1.29, 1.82) is 0 Å². The van der Waals surface area contributed by atoms with Crippen molar-refractivity contribution < 1.29 is 14.6 Å². The molecule has 2 rings (SSSR count). The molecule has 0 aliphatic carbocycles. The Kier molecular flexibility index (Phi) is 4.81. The lowest BCUT2D eigenvalue weighted by Crippen LogP contribution is -2.16. The summed E-state index contributed by atoms with van der Waals surface area (Å²) in [6.07, 6.45) is 1.91. The van der Waals surface area contributed by atoms with Crippen molar-refractivity contribution in [1.82, 2.24) is 4.98 Å². The Balaban J connectivity index is 2.03. The summed E-state index contributed by atoms with van der Waals surface area (Å²) in [6, 6.07) is 10.1. The molecule has 1 aromatic carbocycles. The number of aliphatic hydroxyl groups is 1. The second kappa shape index (κ2) is 6.78. The number of carbonyl (C=O) groups excluding carboxylic acids is 1. The van der Waals surface area contributed by atoms with Crippen LogP contribution >= 0.6 is 0 Å². The molecule has 0 aliphatic rings. The molecule has 21 heavy (non-hydrogen) atoms. The van der Waals surface area contributed by atoms with E-state index >= 15 is 0 Å². The number of nitrogens with two attached hydrogens (primary N) is 1. The molecule has 1 aromatic heterocycles. The monoisotopic (exact) mass is 284 g/mol. The minimum Gasteiger partial charge on any atom is -0.423 e. The fourth-order valence-electron chi connectivity index (χ4n) is 1.72. The molecule has 2 aromatic rings. The largest absolute Gasteiger partial charge is 0.423 e. The average Bonchev–Trinajstić information content (AvgIpc) is 2.55. The molecule has 0 spiro atoms. The van der Waals surface area contributed by atoms with E-state index in [0.29, 0.717) is 17.9 Å². The van der Waals surface area contributed by atoms with E-state index in [2.05, 4.69) is 11.6 Å². The zero-order valence-corrected chi connectivity index (χ0v) is 11.4. The molecule has 0 amide bonds. The minimum atomic E-state index is -1.14. The van der Waals surface area contributed by atoms with Crippen molar-refractivity contribution in [2.24, 2.45) is 5.73 Å². The van der Waals surface area contributed by atoms with Gasteiger partial charge < -0.3 is 15.6 Å². The number of esters is 1. The topological polar surface area (TPSA) is 85.4 Å². The van der Waals surface area contributed by atoms with Crippen LogP contribution in [0.2, 0.25) is 0 Å². The quantitative estimate of drug-likeness (QED) is 0.496. The highest BCUT2D eigenvalue weighted by atomic mass is 16.5. The van der Waals surface area contributed by atoms with Crippen molar-refractivity contribution >= 4 is 5.97 Å². The van der Waals surface area contributed by atoms with E-state index in [-0.39, 0.29) is 5.57 Å². The number of hydrogen-bond acceptors (Lipinski definition) is 5. The molecular formula is C16H16N2O3. The summed E-state index contributed by atoms with van der Waals surface area (Å²) >= 11 is 0. The molecule has 0 saturated carbocycles. The first kappa shape index (κ1) is 14.9. The van der Waals surface area contributed by atoms with Gasteiger partial charge in [0.1, 0.15) is 11.9 Å². The van der Waals surface area contributed by atoms with Gasteiger partial charge in [-0.1, -0.05) is 24.8 Å². The smallest absolute Gasteiger partial charge is 0.341 e. The maximum atomic E-state index is 12.0. The van der Waals surface area contributed by atoms with Gasteiger partial charge in [0.25, 0.3) is 0 Å². The van der Waals surface area contributed by atoms with Crippen LogP contribution in [0.4, 0.5) is 0 Å². The lowest BCUT2D eigenvalue weighted by molar-refractivity contribution is -0.131. The average molecular weight is 284 g/mol. The Hall–Kier alpha value is -2.50. The zero-order chi connectivity index (χ0) is 15.2. The second-order valence-electron chi connectivity index (χ2n) is 4.45. The van der Waals surface area contributed by atoms with Crippen LogP contribution in [-0.4, -0.2) is 16.1 Å². The fraction of sp³-hybridized carbons (Fsp3) is 0.125.